The van der Waals surface area contributed by atoms with Gasteiger partial charge in [-0.05, 0) is 32.6 Å². The van der Waals surface area contributed by atoms with Crippen molar-refractivity contribution in [3.05, 3.63) is 0 Å². The van der Waals surface area contributed by atoms with Crippen molar-refractivity contribution in [2.45, 2.75) is 64.9 Å². The molecule has 2 nitrogen and oxygen atoms in total. The number of unbranched alkanes of at least 4 members (excludes halogenated alkanes) is 3. The molecule has 0 saturated carbocycles. The average Bonchev–Trinajstić information content (AvgIpc) is 2.08. The quantitative estimate of drug-likeness (QED) is 0.594. The van der Waals surface area contributed by atoms with Gasteiger partial charge in [-0.25, -0.2) is 0 Å². The third-order valence-corrected chi connectivity index (χ3v) is 2.55. The van der Waals surface area contributed by atoms with Crippen LogP contribution in [0.2, 0.25) is 0 Å². The Morgan fingerprint density at radius 2 is 1.64 bits per heavy atom. The SMILES string of the molecule is CC(CO)CCCCCCC(C)(C)O. The first-order valence-electron chi connectivity index (χ1n) is 5.79. The number of hydrogen-bond donors (Lipinski definition) is 2. The van der Waals surface area contributed by atoms with Gasteiger partial charge in [-0.3, -0.25) is 0 Å². The summed E-state index contributed by atoms with van der Waals surface area (Å²) < 4.78 is 0. The highest BCUT2D eigenvalue weighted by Crippen LogP contribution is 2.15. The highest BCUT2D eigenvalue weighted by Gasteiger charge is 2.10. The first-order chi connectivity index (χ1) is 6.45. The van der Waals surface area contributed by atoms with Gasteiger partial charge in [-0.2, -0.15) is 0 Å². The maximum Gasteiger partial charge on any atom is 0.0591 e. The van der Waals surface area contributed by atoms with Crippen molar-refractivity contribution in [2.75, 3.05) is 6.61 Å². The molecule has 0 aromatic carbocycles. The van der Waals surface area contributed by atoms with Crippen molar-refractivity contribution in [3.8, 4) is 0 Å². The second kappa shape index (κ2) is 7.24. The van der Waals surface area contributed by atoms with Crippen molar-refractivity contribution >= 4 is 0 Å². The van der Waals surface area contributed by atoms with Crippen LogP contribution in [0.1, 0.15) is 59.3 Å². The molecule has 0 aliphatic rings. The van der Waals surface area contributed by atoms with E-state index in [0.717, 1.165) is 19.3 Å². The lowest BCUT2D eigenvalue weighted by Gasteiger charge is -2.16. The van der Waals surface area contributed by atoms with E-state index in [1.165, 1.54) is 19.3 Å². The lowest BCUT2D eigenvalue weighted by Crippen LogP contribution is -2.17. The van der Waals surface area contributed by atoms with Gasteiger partial charge in [-0.1, -0.05) is 32.6 Å². The number of aliphatic hydroxyl groups is 2. The van der Waals surface area contributed by atoms with Crippen LogP contribution in [0.15, 0.2) is 0 Å². The molecule has 0 heterocycles. The lowest BCUT2D eigenvalue weighted by molar-refractivity contribution is 0.0680. The Bertz CT molecular complexity index is 127. The second-order valence-electron chi connectivity index (χ2n) is 5.05. The van der Waals surface area contributed by atoms with Crippen LogP contribution >= 0.6 is 0 Å². The number of aliphatic hydroxyl groups excluding tert-OH is 1. The van der Waals surface area contributed by atoms with E-state index < -0.39 is 5.60 Å². The first-order valence-corrected chi connectivity index (χ1v) is 5.79. The van der Waals surface area contributed by atoms with Crippen LogP contribution in [0.5, 0.6) is 0 Å². The summed E-state index contributed by atoms with van der Waals surface area (Å²) in [4.78, 5) is 0. The van der Waals surface area contributed by atoms with E-state index in [9.17, 15) is 5.11 Å². The van der Waals surface area contributed by atoms with Gasteiger partial charge in [0, 0.05) is 6.61 Å². The van der Waals surface area contributed by atoms with Crippen LogP contribution < -0.4 is 0 Å². The fourth-order valence-electron chi connectivity index (χ4n) is 1.50. The van der Waals surface area contributed by atoms with Crippen LogP contribution in [0.4, 0.5) is 0 Å². The molecule has 1 unspecified atom stereocenters. The van der Waals surface area contributed by atoms with Gasteiger partial charge in [0.2, 0.25) is 0 Å². The van der Waals surface area contributed by atoms with E-state index in [1.54, 1.807) is 0 Å². The zero-order valence-corrected chi connectivity index (χ0v) is 9.92. The van der Waals surface area contributed by atoms with Crippen LogP contribution in [0.3, 0.4) is 0 Å². The summed E-state index contributed by atoms with van der Waals surface area (Å²) >= 11 is 0. The average molecular weight is 202 g/mol. The third-order valence-electron chi connectivity index (χ3n) is 2.55. The highest BCUT2D eigenvalue weighted by molar-refractivity contribution is 4.64. The maximum atomic E-state index is 9.47. The number of hydrogen-bond acceptors (Lipinski definition) is 2. The molecule has 0 aromatic rings. The predicted octanol–water partition coefficient (Wildman–Crippen LogP) is 2.73. The van der Waals surface area contributed by atoms with Crippen LogP contribution in [0.25, 0.3) is 0 Å². The second-order valence-corrected chi connectivity index (χ2v) is 5.05. The molecule has 14 heavy (non-hydrogen) atoms. The van der Waals surface area contributed by atoms with Crippen molar-refractivity contribution in [1.82, 2.24) is 0 Å². The van der Waals surface area contributed by atoms with E-state index in [4.69, 9.17) is 5.11 Å². The molecule has 0 bridgehead atoms. The molecule has 0 spiro atoms. The molecule has 0 rings (SSSR count). The predicted molar refractivity (Wildman–Crippen MR) is 60.2 cm³/mol. The van der Waals surface area contributed by atoms with Crippen molar-refractivity contribution in [3.63, 3.8) is 0 Å². The standard InChI is InChI=1S/C12H26O2/c1-11(10-13)8-6-4-5-7-9-12(2,3)14/h11,13-14H,4-10H2,1-3H3. The Balaban J connectivity index is 3.14. The third kappa shape index (κ3) is 10.0. The van der Waals surface area contributed by atoms with Crippen molar-refractivity contribution < 1.29 is 10.2 Å². The minimum absolute atomic E-state index is 0.309. The molecule has 0 aliphatic carbocycles. The zero-order chi connectivity index (χ0) is 11.0. The summed E-state index contributed by atoms with van der Waals surface area (Å²) in [5.41, 5.74) is -0.502. The summed E-state index contributed by atoms with van der Waals surface area (Å²) in [6.45, 7) is 6.11. The van der Waals surface area contributed by atoms with Crippen LogP contribution in [0, 0.1) is 5.92 Å². The minimum atomic E-state index is -0.502. The van der Waals surface area contributed by atoms with Gasteiger partial charge < -0.3 is 10.2 Å². The Hall–Kier alpha value is -0.0800. The Kier molecular flexibility index (Phi) is 7.20. The van der Waals surface area contributed by atoms with Gasteiger partial charge in [-0.15, -0.1) is 0 Å². The number of rotatable bonds is 8. The zero-order valence-electron chi connectivity index (χ0n) is 9.92. The van der Waals surface area contributed by atoms with Crippen molar-refractivity contribution in [1.29, 1.82) is 0 Å². The van der Waals surface area contributed by atoms with E-state index in [1.807, 2.05) is 13.8 Å². The Morgan fingerprint density at radius 3 is 2.14 bits per heavy atom. The molecular weight excluding hydrogens is 176 g/mol. The Morgan fingerprint density at radius 1 is 1.07 bits per heavy atom. The van der Waals surface area contributed by atoms with Gasteiger partial charge in [0.15, 0.2) is 0 Å². The molecule has 1 atom stereocenters. The maximum absolute atomic E-state index is 9.47. The molecule has 0 fully saturated rings. The molecule has 0 radical (unpaired) electrons. The topological polar surface area (TPSA) is 40.5 Å². The molecular formula is C12H26O2. The van der Waals surface area contributed by atoms with Crippen LogP contribution in [-0.2, 0) is 0 Å². The van der Waals surface area contributed by atoms with E-state index in [0.29, 0.717) is 12.5 Å². The summed E-state index contributed by atoms with van der Waals surface area (Å²) in [7, 11) is 0. The lowest BCUT2D eigenvalue weighted by atomic mass is 9.98. The fourth-order valence-corrected chi connectivity index (χ4v) is 1.50. The van der Waals surface area contributed by atoms with E-state index in [2.05, 4.69) is 6.92 Å². The van der Waals surface area contributed by atoms with Crippen LogP contribution in [-0.4, -0.2) is 22.4 Å². The molecule has 2 heteroatoms. The summed E-state index contributed by atoms with van der Waals surface area (Å²) in [5.74, 6) is 0.448. The summed E-state index contributed by atoms with van der Waals surface area (Å²) in [6, 6.07) is 0. The first kappa shape index (κ1) is 13.9. The smallest absolute Gasteiger partial charge is 0.0591 e. The van der Waals surface area contributed by atoms with Gasteiger partial charge >= 0.3 is 0 Å². The molecule has 0 aromatic heterocycles. The Labute approximate surface area is 88.3 Å². The van der Waals surface area contributed by atoms with Crippen molar-refractivity contribution in [2.24, 2.45) is 5.92 Å². The normalized spacial score (nSPS) is 14.4. The largest absolute Gasteiger partial charge is 0.396 e. The fraction of sp³-hybridized carbons (Fsp3) is 1.00. The molecule has 0 saturated heterocycles. The van der Waals surface area contributed by atoms with Gasteiger partial charge in [0.25, 0.3) is 0 Å². The van der Waals surface area contributed by atoms with Gasteiger partial charge in [0.1, 0.15) is 0 Å². The monoisotopic (exact) mass is 202 g/mol. The van der Waals surface area contributed by atoms with E-state index >= 15 is 0 Å². The molecule has 86 valence electrons. The molecule has 0 amide bonds. The molecule has 0 aliphatic heterocycles. The summed E-state index contributed by atoms with van der Waals surface area (Å²) in [5, 5.41) is 18.3. The minimum Gasteiger partial charge on any atom is -0.396 e. The highest BCUT2D eigenvalue weighted by atomic mass is 16.3. The molecule has 2 N–H and O–H groups in total. The van der Waals surface area contributed by atoms with E-state index in [-0.39, 0.29) is 0 Å². The summed E-state index contributed by atoms with van der Waals surface area (Å²) in [6.07, 6.45) is 6.74. The van der Waals surface area contributed by atoms with Gasteiger partial charge in [0.05, 0.1) is 5.60 Å².